The van der Waals surface area contributed by atoms with Gasteiger partial charge in [-0.05, 0) is 29.5 Å². The van der Waals surface area contributed by atoms with E-state index in [0.29, 0.717) is 19.7 Å². The zero-order valence-electron chi connectivity index (χ0n) is 14.4. The fourth-order valence-electron chi connectivity index (χ4n) is 3.68. The lowest BCUT2D eigenvalue weighted by Crippen LogP contribution is -2.39. The van der Waals surface area contributed by atoms with Crippen LogP contribution in [0.1, 0.15) is 35.4 Å². The third kappa shape index (κ3) is 3.39. The molecule has 0 aliphatic carbocycles. The Morgan fingerprint density at radius 3 is 3.04 bits per heavy atom. The molecule has 4 rings (SSSR count). The van der Waals surface area contributed by atoms with Crippen LogP contribution < -0.4 is 0 Å². The van der Waals surface area contributed by atoms with E-state index in [1.165, 1.54) is 5.56 Å². The van der Waals surface area contributed by atoms with Crippen molar-refractivity contribution in [2.75, 3.05) is 19.8 Å². The van der Waals surface area contributed by atoms with Crippen molar-refractivity contribution in [1.29, 1.82) is 0 Å². The van der Waals surface area contributed by atoms with Crippen molar-refractivity contribution >= 4 is 6.09 Å². The van der Waals surface area contributed by atoms with Gasteiger partial charge in [0.25, 0.3) is 0 Å². The minimum Gasteiger partial charge on any atom is -0.447 e. The van der Waals surface area contributed by atoms with Gasteiger partial charge in [-0.2, -0.15) is 5.10 Å². The number of hydrogen-bond donors (Lipinski definition) is 0. The van der Waals surface area contributed by atoms with Crippen molar-refractivity contribution in [1.82, 2.24) is 14.7 Å². The molecule has 2 aliphatic rings. The number of carbonyl (C=O) groups is 1. The van der Waals surface area contributed by atoms with E-state index in [9.17, 15) is 4.79 Å². The molecule has 1 aromatic heterocycles. The normalized spacial score (nSPS) is 22.7. The molecule has 2 unspecified atom stereocenters. The SMILES string of the molecule is Cn1cc(C2CN(C(=O)OCC3CCCO3)Cc3ccccc32)cn1. The Kier molecular flexibility index (Phi) is 4.44. The maximum Gasteiger partial charge on any atom is 0.410 e. The van der Waals surface area contributed by atoms with E-state index in [-0.39, 0.29) is 18.1 Å². The summed E-state index contributed by atoms with van der Waals surface area (Å²) in [6.45, 7) is 2.29. The summed E-state index contributed by atoms with van der Waals surface area (Å²) >= 11 is 0. The van der Waals surface area contributed by atoms with Crippen molar-refractivity contribution in [3.63, 3.8) is 0 Å². The van der Waals surface area contributed by atoms with Crippen molar-refractivity contribution in [3.05, 3.63) is 53.3 Å². The molecule has 1 saturated heterocycles. The lowest BCUT2D eigenvalue weighted by molar-refractivity contribution is 0.0277. The molecule has 2 aromatic rings. The van der Waals surface area contributed by atoms with E-state index in [1.807, 2.05) is 31.6 Å². The quantitative estimate of drug-likeness (QED) is 0.861. The zero-order chi connectivity index (χ0) is 17.2. The maximum atomic E-state index is 12.6. The second-order valence-corrected chi connectivity index (χ2v) is 6.79. The van der Waals surface area contributed by atoms with Gasteiger partial charge in [0.15, 0.2) is 0 Å². The Morgan fingerprint density at radius 1 is 1.40 bits per heavy atom. The number of hydrogen-bond acceptors (Lipinski definition) is 4. The summed E-state index contributed by atoms with van der Waals surface area (Å²) in [7, 11) is 1.91. The summed E-state index contributed by atoms with van der Waals surface area (Å²) in [5.41, 5.74) is 3.54. The average Bonchev–Trinajstić information content (AvgIpc) is 3.30. The standard InChI is InChI=1S/C19H23N3O3/c1-21-10-15(9-20-21)18-12-22(11-14-5-2-3-7-17(14)18)19(23)25-13-16-6-4-8-24-16/h2-3,5,7,9-10,16,18H,4,6,8,11-13H2,1H3. The topological polar surface area (TPSA) is 56.6 Å². The summed E-state index contributed by atoms with van der Waals surface area (Å²) in [5.74, 6) is 0.119. The molecule has 0 saturated carbocycles. The molecule has 1 fully saturated rings. The highest BCUT2D eigenvalue weighted by molar-refractivity contribution is 5.68. The monoisotopic (exact) mass is 341 g/mol. The van der Waals surface area contributed by atoms with Gasteiger partial charge in [-0.15, -0.1) is 0 Å². The third-order valence-corrected chi connectivity index (χ3v) is 5.00. The maximum absolute atomic E-state index is 12.6. The van der Waals surface area contributed by atoms with E-state index >= 15 is 0 Å². The van der Waals surface area contributed by atoms with Crippen molar-refractivity contribution in [2.24, 2.45) is 7.05 Å². The van der Waals surface area contributed by atoms with Gasteiger partial charge in [-0.3, -0.25) is 4.68 Å². The Morgan fingerprint density at radius 2 is 2.28 bits per heavy atom. The van der Waals surface area contributed by atoms with Crippen LogP contribution in [0.5, 0.6) is 0 Å². The highest BCUT2D eigenvalue weighted by Gasteiger charge is 2.31. The minimum atomic E-state index is -0.265. The fourth-order valence-corrected chi connectivity index (χ4v) is 3.68. The van der Waals surface area contributed by atoms with Crippen LogP contribution in [-0.4, -0.2) is 46.6 Å². The van der Waals surface area contributed by atoms with Crippen LogP contribution in [-0.2, 0) is 23.1 Å². The Hall–Kier alpha value is -2.34. The van der Waals surface area contributed by atoms with Crippen molar-refractivity contribution < 1.29 is 14.3 Å². The number of ether oxygens (including phenoxy) is 2. The van der Waals surface area contributed by atoms with E-state index < -0.39 is 0 Å². The summed E-state index contributed by atoms with van der Waals surface area (Å²) in [6, 6.07) is 8.29. The molecular formula is C19H23N3O3. The second kappa shape index (κ2) is 6.88. The van der Waals surface area contributed by atoms with Crippen LogP contribution in [0.25, 0.3) is 0 Å². The van der Waals surface area contributed by atoms with E-state index in [4.69, 9.17) is 9.47 Å². The van der Waals surface area contributed by atoms with E-state index in [0.717, 1.165) is 30.6 Å². The minimum absolute atomic E-state index is 0.0511. The predicted octanol–water partition coefficient (Wildman–Crippen LogP) is 2.68. The predicted molar refractivity (Wildman–Crippen MR) is 92.2 cm³/mol. The highest BCUT2D eigenvalue weighted by Crippen LogP contribution is 2.33. The number of carbonyl (C=O) groups excluding carboxylic acids is 1. The number of aromatic nitrogens is 2. The van der Waals surface area contributed by atoms with Crippen molar-refractivity contribution in [3.8, 4) is 0 Å². The largest absolute Gasteiger partial charge is 0.447 e. The van der Waals surface area contributed by atoms with E-state index in [2.05, 4.69) is 17.2 Å². The zero-order valence-corrected chi connectivity index (χ0v) is 14.4. The van der Waals surface area contributed by atoms with Crippen LogP contribution in [0.15, 0.2) is 36.7 Å². The summed E-state index contributed by atoms with van der Waals surface area (Å²) < 4.78 is 12.8. The molecule has 0 spiro atoms. The Balaban J connectivity index is 1.51. The summed E-state index contributed by atoms with van der Waals surface area (Å²) in [5, 5.41) is 4.29. The first kappa shape index (κ1) is 16.1. The first-order valence-corrected chi connectivity index (χ1v) is 8.80. The number of benzene rings is 1. The number of fused-ring (bicyclic) bond motifs is 1. The molecule has 6 nitrogen and oxygen atoms in total. The number of amides is 1. The van der Waals surface area contributed by atoms with Gasteiger partial charge < -0.3 is 14.4 Å². The molecule has 6 heteroatoms. The average molecular weight is 341 g/mol. The van der Waals surface area contributed by atoms with E-state index in [1.54, 1.807) is 9.58 Å². The molecule has 0 N–H and O–H groups in total. The number of nitrogens with zero attached hydrogens (tertiary/aromatic N) is 3. The van der Waals surface area contributed by atoms with Gasteiger partial charge in [-0.1, -0.05) is 24.3 Å². The highest BCUT2D eigenvalue weighted by atomic mass is 16.6. The van der Waals surface area contributed by atoms with Crippen LogP contribution in [0.3, 0.4) is 0 Å². The first-order valence-electron chi connectivity index (χ1n) is 8.80. The summed E-state index contributed by atoms with van der Waals surface area (Å²) in [6.07, 6.45) is 5.69. The molecule has 0 radical (unpaired) electrons. The number of rotatable bonds is 3. The van der Waals surface area contributed by atoms with Crippen LogP contribution in [0.2, 0.25) is 0 Å². The smallest absolute Gasteiger partial charge is 0.410 e. The van der Waals surface area contributed by atoms with Gasteiger partial charge in [0.05, 0.1) is 12.3 Å². The van der Waals surface area contributed by atoms with Gasteiger partial charge in [0, 0.05) is 38.9 Å². The molecule has 132 valence electrons. The lowest BCUT2D eigenvalue weighted by Gasteiger charge is -2.34. The molecule has 3 heterocycles. The number of aryl methyl sites for hydroxylation is 1. The van der Waals surface area contributed by atoms with Gasteiger partial charge in [-0.25, -0.2) is 4.79 Å². The molecule has 2 atom stereocenters. The Labute approximate surface area is 147 Å². The first-order chi connectivity index (χ1) is 12.2. The van der Waals surface area contributed by atoms with Crippen molar-refractivity contribution in [2.45, 2.75) is 31.4 Å². The van der Waals surface area contributed by atoms with Gasteiger partial charge >= 0.3 is 6.09 Å². The van der Waals surface area contributed by atoms with Gasteiger partial charge in [0.2, 0.25) is 0 Å². The molecule has 0 bridgehead atoms. The third-order valence-electron chi connectivity index (χ3n) is 5.00. The molecule has 25 heavy (non-hydrogen) atoms. The van der Waals surface area contributed by atoms with Crippen LogP contribution in [0, 0.1) is 0 Å². The second-order valence-electron chi connectivity index (χ2n) is 6.79. The van der Waals surface area contributed by atoms with Gasteiger partial charge in [0.1, 0.15) is 6.61 Å². The lowest BCUT2D eigenvalue weighted by atomic mass is 9.86. The summed E-state index contributed by atoms with van der Waals surface area (Å²) in [4.78, 5) is 14.4. The Bertz CT molecular complexity index is 752. The molecule has 1 aromatic carbocycles. The molecule has 1 amide bonds. The van der Waals surface area contributed by atoms with Crippen LogP contribution >= 0.6 is 0 Å². The molecular weight excluding hydrogens is 318 g/mol. The fraction of sp³-hybridized carbons (Fsp3) is 0.474. The van der Waals surface area contributed by atoms with Crippen LogP contribution in [0.4, 0.5) is 4.79 Å². The molecule has 2 aliphatic heterocycles.